The highest BCUT2D eigenvalue weighted by Crippen LogP contribution is 2.61. The second-order valence-electron chi connectivity index (χ2n) is 27.0. The molecule has 472 valence electrons. The summed E-state index contributed by atoms with van der Waals surface area (Å²) < 4.78 is 74.2. The first-order valence-corrected chi connectivity index (χ1v) is 33.9. The molecule has 9 aliphatic heterocycles. The fourth-order valence-electron chi connectivity index (χ4n) is 18.1. The highest BCUT2D eigenvalue weighted by molar-refractivity contribution is 8.11. The molecule has 18 rings (SSSR count). The number of rotatable bonds is 12. The van der Waals surface area contributed by atoms with Crippen molar-refractivity contribution in [2.24, 2.45) is 0 Å². The molecule has 0 aromatic heterocycles. The van der Waals surface area contributed by atoms with Gasteiger partial charge in [0.1, 0.15) is 44.2 Å². The molecule has 22 nitrogen and oxygen atoms in total. The van der Waals surface area contributed by atoms with Crippen LogP contribution in [-0.2, 0) is 50.7 Å². The average Bonchev–Trinajstić information content (AvgIpc) is 0.945. The number of aliphatic hydroxyl groups excluding tert-OH is 3. The van der Waals surface area contributed by atoms with Crippen molar-refractivity contribution < 1.29 is 91.1 Å². The molecule has 0 spiro atoms. The highest BCUT2D eigenvalue weighted by Gasteiger charge is 2.57. The van der Waals surface area contributed by atoms with E-state index in [-0.39, 0.29) is 82.1 Å². The molecule has 12 aliphatic rings. The van der Waals surface area contributed by atoms with E-state index in [0.29, 0.717) is 126 Å². The van der Waals surface area contributed by atoms with E-state index in [4.69, 9.17) is 68.6 Å². The maximum absolute atomic E-state index is 12.4. The summed E-state index contributed by atoms with van der Waals surface area (Å²) in [5, 5.41) is 49.3. The third-order valence-corrected chi connectivity index (χ3v) is 25.1. The predicted octanol–water partition coefficient (Wildman–Crippen LogP) is 5.73. The lowest BCUT2D eigenvalue weighted by Crippen LogP contribution is -2.58. The molecule has 90 heavy (non-hydrogen) atoms. The Morgan fingerprint density at radius 3 is 0.956 bits per heavy atom. The maximum Gasteiger partial charge on any atom is 0.231 e. The molecule has 9 heterocycles. The maximum atomic E-state index is 12.4. The standard InChI is InChI=1S/C66H72N6O15PS.H2O/c1-70(25-43-37(4-7-49-64(43)85-31-76-49)58-46(73)16-34-19-52-55(82-28-79-52)22-40(34)61(58)70)13-10-67-88(89,68-11-14-71(2)26-44-38(5-8-50-65(44)86-32-77-50)59-47(74)17-35-20-53-56(83-29-80-53)23-41(35)62(59)71)69-12-15-72(3)27-45-39(6-9-51-66(45)87-33-78-51)60-48(75)18-36-21-54-57(84-30-81-54)24-42(36)63(60)72;/h4-9,19-24,46-48,58-63,73-75H,10-18,25-33H2,1-3H3,(H3,67,68,69,89);1H2/q+3;/t46-,47-,48+,58?,59?,60?,61?,62?,63?,70?,71?,72?,88?;/m0./s1. The van der Waals surface area contributed by atoms with Gasteiger partial charge in [0.15, 0.2) is 69.0 Å². The second-order valence-corrected chi connectivity index (χ2v) is 30.8. The quantitative estimate of drug-likeness (QED) is 0.0633. The van der Waals surface area contributed by atoms with Gasteiger partial charge < -0.3 is 91.1 Å². The topological polar surface area (TPSA) is 239 Å². The third-order valence-electron chi connectivity index (χ3n) is 22.0. The van der Waals surface area contributed by atoms with Crippen molar-refractivity contribution in [3.63, 3.8) is 0 Å². The first-order chi connectivity index (χ1) is 43.2. The van der Waals surface area contributed by atoms with E-state index in [1.165, 1.54) is 0 Å². The number of hydrogen-bond acceptors (Lipinski definition) is 16. The van der Waals surface area contributed by atoms with Crippen LogP contribution >= 0.6 is 6.49 Å². The van der Waals surface area contributed by atoms with Gasteiger partial charge in [-0.25, -0.2) is 0 Å². The predicted molar refractivity (Wildman–Crippen MR) is 327 cm³/mol. The molecule has 0 bridgehead atoms. The van der Waals surface area contributed by atoms with Crippen molar-refractivity contribution in [1.82, 2.24) is 15.3 Å². The number of nitrogens with one attached hydrogen (secondary N) is 3. The minimum Gasteiger partial charge on any atom is -0.454 e. The van der Waals surface area contributed by atoms with Crippen LogP contribution in [0, 0.1) is 0 Å². The molecule has 0 fully saturated rings. The Balaban J connectivity index is 0.00000624. The van der Waals surface area contributed by atoms with Crippen molar-refractivity contribution in [2.45, 2.75) is 93.1 Å². The summed E-state index contributed by atoms with van der Waals surface area (Å²) in [6.07, 6.45) is -0.622. The highest BCUT2D eigenvalue weighted by atomic mass is 32.4. The molecule has 24 heteroatoms. The molecule has 0 amide bonds. The number of hydrogen-bond donors (Lipinski definition) is 6. The number of nitrogens with zero attached hydrogens (tertiary/aromatic N) is 3. The summed E-state index contributed by atoms with van der Waals surface area (Å²) in [5.41, 5.74) is 13.0. The molecule has 0 saturated heterocycles. The molecular formula is C66H74N6O16PS+3. The van der Waals surface area contributed by atoms with Crippen molar-refractivity contribution >= 4 is 18.3 Å². The van der Waals surface area contributed by atoms with Crippen LogP contribution in [0.15, 0.2) is 72.8 Å². The minimum absolute atomic E-state index is 0. The van der Waals surface area contributed by atoms with Gasteiger partial charge in [0.25, 0.3) is 0 Å². The Hall–Kier alpha value is -6.83. The van der Waals surface area contributed by atoms with Gasteiger partial charge in [-0.05, 0) is 119 Å². The van der Waals surface area contributed by atoms with E-state index in [2.05, 4.69) is 91.0 Å². The zero-order chi connectivity index (χ0) is 59.9. The van der Waals surface area contributed by atoms with Gasteiger partial charge in [0.2, 0.25) is 40.8 Å². The molecule has 6 aromatic carbocycles. The van der Waals surface area contributed by atoms with E-state index < -0.39 is 24.8 Å². The van der Waals surface area contributed by atoms with Crippen LogP contribution in [0.1, 0.15) is 103 Å². The lowest BCUT2D eigenvalue weighted by molar-refractivity contribution is -0.956. The lowest BCUT2D eigenvalue weighted by atomic mass is 9.69. The zero-order valence-corrected chi connectivity index (χ0v) is 52.0. The van der Waals surface area contributed by atoms with Crippen LogP contribution in [0.25, 0.3) is 0 Å². The largest absolute Gasteiger partial charge is 0.454 e. The van der Waals surface area contributed by atoms with Gasteiger partial charge >= 0.3 is 0 Å². The first-order valence-electron chi connectivity index (χ1n) is 31.1. The summed E-state index contributed by atoms with van der Waals surface area (Å²) in [7, 11) is 6.88. The molecule has 12 atom stereocenters. The molecule has 3 aliphatic carbocycles. The van der Waals surface area contributed by atoms with Crippen molar-refractivity contribution in [2.75, 3.05) is 101 Å². The summed E-state index contributed by atoms with van der Waals surface area (Å²) in [5.74, 6) is 7.90. The molecule has 8 N–H and O–H groups in total. The summed E-state index contributed by atoms with van der Waals surface area (Å²) in [6, 6.07) is 24.5. The smallest absolute Gasteiger partial charge is 0.231 e. The number of benzene rings is 6. The van der Waals surface area contributed by atoms with Crippen LogP contribution in [0.3, 0.4) is 0 Å². The van der Waals surface area contributed by atoms with Crippen molar-refractivity contribution in [3.05, 3.63) is 140 Å². The molecular weight excluding hydrogens is 1200 g/mol. The Morgan fingerprint density at radius 1 is 0.389 bits per heavy atom. The average molecular weight is 1270 g/mol. The van der Waals surface area contributed by atoms with Gasteiger partial charge in [-0.1, -0.05) is 18.2 Å². The summed E-state index contributed by atoms with van der Waals surface area (Å²) in [6.45, 7) is 3.20. The van der Waals surface area contributed by atoms with E-state index in [1.54, 1.807) is 0 Å². The lowest BCUT2D eigenvalue weighted by Gasteiger charge is -2.53. The number of likely N-dealkylation sites (N-methyl/N-ethyl adjacent to an activating group) is 3. The summed E-state index contributed by atoms with van der Waals surface area (Å²) >= 11 is 7.08. The molecule has 0 saturated carbocycles. The molecule has 0 radical (unpaired) electrons. The SMILES string of the molecule is C[N+]1(CCNP(=S)(NCC[N+]2(C)Cc3c(ccc4c3OCO4)C3C2c2cc4c(cc2C[C@@H]3O)OCO4)NCC[N+]2(C)Cc3c(ccc4c3OCO4)C3C2c2cc4c(cc2C[C@@H]3O)OCO4)Cc2c(ccc3c2OCO3)C2C1c1cc3c(cc1C[C@H]2O)OCO3.O. The van der Waals surface area contributed by atoms with Gasteiger partial charge in [0, 0.05) is 16.7 Å². The zero-order valence-electron chi connectivity index (χ0n) is 50.3. The van der Waals surface area contributed by atoms with Crippen molar-refractivity contribution in [3.8, 4) is 69.0 Å². The minimum atomic E-state index is -2.96. The Bertz CT molecular complexity index is 3650. The second kappa shape index (κ2) is 20.8. The number of aliphatic hydroxyl groups is 3. The van der Waals surface area contributed by atoms with E-state index in [9.17, 15) is 15.3 Å². The summed E-state index contributed by atoms with van der Waals surface area (Å²) in [4.78, 5) is 0. The van der Waals surface area contributed by atoms with E-state index in [0.717, 1.165) is 101 Å². The van der Waals surface area contributed by atoms with E-state index in [1.807, 2.05) is 18.2 Å². The van der Waals surface area contributed by atoms with E-state index >= 15 is 0 Å². The van der Waals surface area contributed by atoms with Crippen LogP contribution in [0.5, 0.6) is 69.0 Å². The monoisotopic (exact) mass is 1270 g/mol. The fourth-order valence-corrected chi connectivity index (χ4v) is 20.5. The Morgan fingerprint density at radius 2 is 0.656 bits per heavy atom. The number of quaternary nitrogens is 3. The van der Waals surface area contributed by atoms with Crippen LogP contribution < -0.4 is 72.1 Å². The van der Waals surface area contributed by atoms with Gasteiger partial charge in [0.05, 0.1) is 113 Å². The van der Waals surface area contributed by atoms with Gasteiger partial charge in [-0.2, -0.15) is 0 Å². The normalized spacial score (nSPS) is 30.9. The first kappa shape index (κ1) is 57.1. The number of fused-ring (bicyclic) bond motifs is 24. The Kier molecular flexibility index (Phi) is 13.2. The van der Waals surface area contributed by atoms with Crippen molar-refractivity contribution in [1.29, 1.82) is 0 Å². The fraction of sp³-hybridized carbons (Fsp3) is 0.455. The van der Waals surface area contributed by atoms with Crippen LogP contribution in [-0.4, -0.2) is 154 Å². The van der Waals surface area contributed by atoms with Gasteiger partial charge in [-0.3, -0.25) is 15.3 Å². The Labute approximate surface area is 525 Å². The van der Waals surface area contributed by atoms with Crippen LogP contribution in [0.2, 0.25) is 0 Å². The number of ether oxygens (including phenoxy) is 12. The van der Waals surface area contributed by atoms with Crippen LogP contribution in [0.4, 0.5) is 0 Å². The molecule has 6 aromatic rings. The third kappa shape index (κ3) is 8.68. The van der Waals surface area contributed by atoms with Gasteiger partial charge in [-0.15, -0.1) is 0 Å². The molecule has 9 unspecified atom stereocenters.